The van der Waals surface area contributed by atoms with Gasteiger partial charge < -0.3 is 0 Å². The second-order valence-corrected chi connectivity index (χ2v) is 4.83. The normalized spacial score (nSPS) is 11.1. The van der Waals surface area contributed by atoms with E-state index in [0.717, 1.165) is 6.42 Å². The minimum absolute atomic E-state index is 1.12. The Morgan fingerprint density at radius 2 is 1.56 bits per heavy atom. The topological polar surface area (TPSA) is 0 Å². The molecule has 0 unspecified atom stereocenters. The van der Waals surface area contributed by atoms with Gasteiger partial charge in [-0.2, -0.15) is 0 Å². The van der Waals surface area contributed by atoms with Crippen LogP contribution < -0.4 is 0 Å². The van der Waals surface area contributed by atoms with Crippen LogP contribution in [-0.4, -0.2) is 0 Å². The molecule has 0 radical (unpaired) electrons. The molecule has 0 aliphatic rings. The van der Waals surface area contributed by atoms with Crippen molar-refractivity contribution in [1.82, 2.24) is 0 Å². The largest absolute Gasteiger partial charge is 0.0613 e. The van der Waals surface area contributed by atoms with Crippen LogP contribution in [0.1, 0.15) is 34.7 Å². The lowest BCUT2D eigenvalue weighted by molar-refractivity contribution is 1.11. The van der Waals surface area contributed by atoms with Crippen molar-refractivity contribution in [3.8, 4) is 0 Å². The van der Waals surface area contributed by atoms with Crippen LogP contribution in [0.15, 0.2) is 18.2 Å². The Bertz CT molecular complexity index is 548. The molecule has 0 heteroatoms. The number of benzene rings is 2. The number of hydrogen-bond acceptors (Lipinski definition) is 0. The van der Waals surface area contributed by atoms with Gasteiger partial charge in [0, 0.05) is 0 Å². The first-order valence-corrected chi connectivity index (χ1v) is 6.04. The van der Waals surface area contributed by atoms with E-state index >= 15 is 0 Å². The Labute approximate surface area is 98.3 Å². The Kier molecular flexibility index (Phi) is 2.75. The Morgan fingerprint density at radius 3 is 2.19 bits per heavy atom. The Balaban J connectivity index is 2.96. The zero-order chi connectivity index (χ0) is 11.9. The summed E-state index contributed by atoms with van der Waals surface area (Å²) in [4.78, 5) is 0. The molecule has 0 aromatic heterocycles. The zero-order valence-electron chi connectivity index (χ0n) is 10.9. The van der Waals surface area contributed by atoms with Gasteiger partial charge >= 0.3 is 0 Å². The zero-order valence-corrected chi connectivity index (χ0v) is 10.9. The molecule has 0 spiro atoms. The lowest BCUT2D eigenvalue weighted by Crippen LogP contribution is -1.95. The molecule has 0 aliphatic heterocycles. The number of aryl methyl sites for hydroxylation is 4. The van der Waals surface area contributed by atoms with Crippen molar-refractivity contribution < 1.29 is 0 Å². The van der Waals surface area contributed by atoms with Gasteiger partial charge in [0.25, 0.3) is 0 Å². The first-order chi connectivity index (χ1) is 7.54. The van der Waals surface area contributed by atoms with E-state index in [-0.39, 0.29) is 0 Å². The molecule has 2 rings (SSSR count). The fourth-order valence-corrected chi connectivity index (χ4v) is 2.74. The van der Waals surface area contributed by atoms with Gasteiger partial charge in [0.1, 0.15) is 0 Å². The average Bonchev–Trinajstić information content (AvgIpc) is 2.20. The van der Waals surface area contributed by atoms with Crippen LogP contribution in [0.5, 0.6) is 0 Å². The lowest BCUT2D eigenvalue weighted by Gasteiger charge is -2.14. The molecule has 0 amide bonds. The van der Waals surface area contributed by atoms with E-state index in [4.69, 9.17) is 0 Å². The van der Waals surface area contributed by atoms with E-state index in [1.807, 2.05) is 0 Å². The predicted octanol–water partition coefficient (Wildman–Crippen LogP) is 4.64. The van der Waals surface area contributed by atoms with Gasteiger partial charge in [-0.15, -0.1) is 0 Å². The third-order valence-corrected chi connectivity index (χ3v) is 3.58. The molecule has 2 aromatic carbocycles. The van der Waals surface area contributed by atoms with Gasteiger partial charge in [-0.05, 0) is 67.1 Å². The highest BCUT2D eigenvalue weighted by Crippen LogP contribution is 2.29. The summed E-state index contributed by atoms with van der Waals surface area (Å²) in [6, 6.07) is 6.91. The standard InChI is InChI=1S/C16H20/c1-6-15-13(5)11(3)9-14-8-10(2)7-12(4)16(14)15/h7-9H,6H2,1-5H3. The Morgan fingerprint density at radius 1 is 0.875 bits per heavy atom. The quantitative estimate of drug-likeness (QED) is 0.646. The summed E-state index contributed by atoms with van der Waals surface area (Å²) in [5.74, 6) is 0. The van der Waals surface area contributed by atoms with Gasteiger partial charge in [-0.25, -0.2) is 0 Å². The van der Waals surface area contributed by atoms with Crippen molar-refractivity contribution in [2.75, 3.05) is 0 Å². The summed E-state index contributed by atoms with van der Waals surface area (Å²) in [5.41, 5.74) is 7.16. The summed E-state index contributed by atoms with van der Waals surface area (Å²) in [6.45, 7) is 11.1. The first-order valence-electron chi connectivity index (χ1n) is 6.04. The van der Waals surface area contributed by atoms with Crippen molar-refractivity contribution in [1.29, 1.82) is 0 Å². The summed E-state index contributed by atoms with van der Waals surface area (Å²) in [6.07, 6.45) is 1.12. The maximum absolute atomic E-state index is 2.32. The van der Waals surface area contributed by atoms with Gasteiger partial charge in [0.15, 0.2) is 0 Å². The molecule has 0 saturated carbocycles. The molecule has 0 saturated heterocycles. The Hall–Kier alpha value is -1.30. The van der Waals surface area contributed by atoms with Gasteiger partial charge in [-0.1, -0.05) is 30.7 Å². The van der Waals surface area contributed by atoms with E-state index in [2.05, 4.69) is 52.8 Å². The van der Waals surface area contributed by atoms with Crippen LogP contribution in [0, 0.1) is 27.7 Å². The smallest absolute Gasteiger partial charge is 0.0120 e. The number of fused-ring (bicyclic) bond motifs is 1. The monoisotopic (exact) mass is 212 g/mol. The van der Waals surface area contributed by atoms with Crippen molar-refractivity contribution in [3.05, 3.63) is 46.0 Å². The summed E-state index contributed by atoms with van der Waals surface area (Å²) in [7, 11) is 0. The van der Waals surface area contributed by atoms with Gasteiger partial charge in [-0.3, -0.25) is 0 Å². The van der Waals surface area contributed by atoms with Crippen molar-refractivity contribution in [2.45, 2.75) is 41.0 Å². The molecule has 0 aliphatic carbocycles. The summed E-state index contributed by atoms with van der Waals surface area (Å²) in [5, 5.41) is 2.87. The number of rotatable bonds is 1. The van der Waals surface area contributed by atoms with Crippen LogP contribution in [0.3, 0.4) is 0 Å². The van der Waals surface area contributed by atoms with E-state index in [1.54, 1.807) is 0 Å². The molecule has 0 atom stereocenters. The van der Waals surface area contributed by atoms with Gasteiger partial charge in [0.05, 0.1) is 0 Å². The van der Waals surface area contributed by atoms with Crippen LogP contribution in [-0.2, 0) is 6.42 Å². The fourth-order valence-electron chi connectivity index (χ4n) is 2.74. The molecule has 16 heavy (non-hydrogen) atoms. The molecule has 0 bridgehead atoms. The molecule has 84 valence electrons. The predicted molar refractivity (Wildman–Crippen MR) is 72.3 cm³/mol. The van der Waals surface area contributed by atoms with Crippen molar-refractivity contribution in [2.24, 2.45) is 0 Å². The third-order valence-electron chi connectivity index (χ3n) is 3.58. The fraction of sp³-hybridized carbons (Fsp3) is 0.375. The van der Waals surface area contributed by atoms with Crippen LogP contribution in [0.2, 0.25) is 0 Å². The minimum atomic E-state index is 1.12. The van der Waals surface area contributed by atoms with Crippen molar-refractivity contribution in [3.63, 3.8) is 0 Å². The van der Waals surface area contributed by atoms with E-state index in [9.17, 15) is 0 Å². The number of hydrogen-bond donors (Lipinski definition) is 0. The molecular formula is C16H20. The molecular weight excluding hydrogens is 192 g/mol. The molecule has 0 heterocycles. The maximum Gasteiger partial charge on any atom is -0.0120 e. The van der Waals surface area contributed by atoms with Crippen LogP contribution in [0.4, 0.5) is 0 Å². The second kappa shape index (κ2) is 3.93. The molecule has 0 fully saturated rings. The van der Waals surface area contributed by atoms with E-state index < -0.39 is 0 Å². The average molecular weight is 212 g/mol. The highest BCUT2D eigenvalue weighted by molar-refractivity contribution is 5.91. The lowest BCUT2D eigenvalue weighted by atomic mass is 9.90. The second-order valence-electron chi connectivity index (χ2n) is 4.83. The molecule has 0 N–H and O–H groups in total. The highest BCUT2D eigenvalue weighted by Gasteiger charge is 2.08. The summed E-state index contributed by atoms with van der Waals surface area (Å²) < 4.78 is 0. The maximum atomic E-state index is 2.32. The van der Waals surface area contributed by atoms with E-state index in [0.29, 0.717) is 0 Å². The van der Waals surface area contributed by atoms with E-state index in [1.165, 1.54) is 38.6 Å². The van der Waals surface area contributed by atoms with Crippen LogP contribution in [0.25, 0.3) is 10.8 Å². The summed E-state index contributed by atoms with van der Waals surface area (Å²) >= 11 is 0. The SMILES string of the molecule is CCc1c(C)c(C)cc2cc(C)cc(C)c12. The minimum Gasteiger partial charge on any atom is -0.0613 e. The molecule has 2 aromatic rings. The third kappa shape index (κ3) is 1.63. The van der Waals surface area contributed by atoms with Crippen LogP contribution >= 0.6 is 0 Å². The van der Waals surface area contributed by atoms with Gasteiger partial charge in [0.2, 0.25) is 0 Å². The highest BCUT2D eigenvalue weighted by atomic mass is 14.1. The first kappa shape index (κ1) is 11.2. The van der Waals surface area contributed by atoms with Crippen molar-refractivity contribution >= 4 is 10.8 Å². The molecule has 0 nitrogen and oxygen atoms in total.